The van der Waals surface area contributed by atoms with Gasteiger partial charge in [0, 0.05) is 11.4 Å². The summed E-state index contributed by atoms with van der Waals surface area (Å²) in [7, 11) is 0. The highest BCUT2D eigenvalue weighted by molar-refractivity contribution is 6.30. The van der Waals surface area contributed by atoms with Crippen molar-refractivity contribution in [2.45, 2.75) is 20.3 Å². The maximum absolute atomic E-state index is 13.4. The number of hydrazine groups is 1. The molecule has 0 aliphatic rings. The molecular weight excluding hydrogens is 259 g/mol. The van der Waals surface area contributed by atoms with Crippen LogP contribution in [0.3, 0.4) is 0 Å². The number of carbonyl (C=O) groups is 2. The Hall–Kier alpha value is -1.62. The van der Waals surface area contributed by atoms with Gasteiger partial charge in [-0.2, -0.15) is 0 Å². The maximum atomic E-state index is 13.4. The molecule has 6 heteroatoms. The molecule has 18 heavy (non-hydrogen) atoms. The molecule has 98 valence electrons. The summed E-state index contributed by atoms with van der Waals surface area (Å²) in [5.41, 5.74) is 4.18. The van der Waals surface area contributed by atoms with E-state index in [9.17, 15) is 14.0 Å². The van der Waals surface area contributed by atoms with E-state index in [0.29, 0.717) is 0 Å². The molecule has 0 aromatic heterocycles. The predicted molar refractivity (Wildman–Crippen MR) is 66.5 cm³/mol. The Bertz CT molecular complexity index is 463. The Kier molecular flexibility index (Phi) is 5.09. The summed E-state index contributed by atoms with van der Waals surface area (Å²) >= 11 is 5.56. The molecule has 0 radical (unpaired) electrons. The van der Waals surface area contributed by atoms with E-state index < -0.39 is 11.7 Å². The molecule has 0 aliphatic heterocycles. The maximum Gasteiger partial charge on any atom is 0.272 e. The standard InChI is InChI=1S/C12H14ClFN2O2/c1-7(2)5-11(17)15-16-12(18)9-4-3-8(13)6-10(9)14/h3-4,6-7H,5H2,1-2H3,(H,15,17)(H,16,18). The number of hydrogen-bond donors (Lipinski definition) is 2. The van der Waals surface area contributed by atoms with E-state index in [-0.39, 0.29) is 28.8 Å². The summed E-state index contributed by atoms with van der Waals surface area (Å²) < 4.78 is 13.4. The Balaban J connectivity index is 2.58. The third kappa shape index (κ3) is 4.33. The highest BCUT2D eigenvalue weighted by Crippen LogP contribution is 2.14. The third-order valence-electron chi connectivity index (χ3n) is 2.08. The zero-order valence-electron chi connectivity index (χ0n) is 10.1. The Morgan fingerprint density at radius 1 is 1.33 bits per heavy atom. The molecule has 0 saturated heterocycles. The molecule has 0 heterocycles. The zero-order chi connectivity index (χ0) is 13.7. The molecule has 0 unspecified atom stereocenters. The van der Waals surface area contributed by atoms with Gasteiger partial charge in [0.05, 0.1) is 5.56 Å². The number of amides is 2. The SMILES string of the molecule is CC(C)CC(=O)NNC(=O)c1ccc(Cl)cc1F. The van der Waals surface area contributed by atoms with E-state index >= 15 is 0 Å². The quantitative estimate of drug-likeness (QED) is 0.830. The summed E-state index contributed by atoms with van der Waals surface area (Å²) in [4.78, 5) is 22.8. The second-order valence-electron chi connectivity index (χ2n) is 4.22. The molecular formula is C12H14ClFN2O2. The van der Waals surface area contributed by atoms with Crippen molar-refractivity contribution in [1.29, 1.82) is 0 Å². The van der Waals surface area contributed by atoms with Crippen molar-refractivity contribution in [3.63, 3.8) is 0 Å². The highest BCUT2D eigenvalue weighted by atomic mass is 35.5. The molecule has 0 fully saturated rings. The summed E-state index contributed by atoms with van der Waals surface area (Å²) in [6, 6.07) is 3.68. The van der Waals surface area contributed by atoms with Gasteiger partial charge in [0.2, 0.25) is 5.91 Å². The van der Waals surface area contributed by atoms with Gasteiger partial charge >= 0.3 is 0 Å². The molecule has 2 amide bonds. The number of rotatable bonds is 3. The van der Waals surface area contributed by atoms with Crippen LogP contribution in [0.1, 0.15) is 30.6 Å². The summed E-state index contributed by atoms with van der Waals surface area (Å²) in [6.07, 6.45) is 0.281. The van der Waals surface area contributed by atoms with Crippen molar-refractivity contribution < 1.29 is 14.0 Å². The third-order valence-corrected chi connectivity index (χ3v) is 2.32. The molecule has 0 aliphatic carbocycles. The first-order valence-electron chi connectivity index (χ1n) is 5.44. The molecule has 1 aromatic rings. The Morgan fingerprint density at radius 3 is 2.56 bits per heavy atom. The molecule has 1 rings (SSSR count). The number of benzene rings is 1. The molecule has 0 atom stereocenters. The van der Waals surface area contributed by atoms with Gasteiger partial charge in [0.1, 0.15) is 5.82 Å². The van der Waals surface area contributed by atoms with Crippen molar-refractivity contribution in [2.75, 3.05) is 0 Å². The molecule has 1 aromatic carbocycles. The predicted octanol–water partition coefficient (Wildman–Crippen LogP) is 2.29. The Morgan fingerprint density at radius 2 is 2.00 bits per heavy atom. The van der Waals surface area contributed by atoms with Crippen LogP contribution in [0.4, 0.5) is 4.39 Å². The van der Waals surface area contributed by atoms with Crippen molar-refractivity contribution in [3.05, 3.63) is 34.6 Å². The average molecular weight is 273 g/mol. The fourth-order valence-corrected chi connectivity index (χ4v) is 1.45. The smallest absolute Gasteiger partial charge is 0.272 e. The lowest BCUT2D eigenvalue weighted by atomic mass is 10.1. The van der Waals surface area contributed by atoms with E-state index in [1.807, 2.05) is 13.8 Å². The second kappa shape index (κ2) is 6.35. The van der Waals surface area contributed by atoms with Crippen LogP contribution in [0.15, 0.2) is 18.2 Å². The van der Waals surface area contributed by atoms with Gasteiger partial charge in [-0.3, -0.25) is 20.4 Å². The first-order valence-corrected chi connectivity index (χ1v) is 5.82. The van der Waals surface area contributed by atoms with Crippen LogP contribution in [0.2, 0.25) is 5.02 Å². The largest absolute Gasteiger partial charge is 0.273 e. The molecule has 0 saturated carbocycles. The van der Waals surface area contributed by atoms with Crippen molar-refractivity contribution in [2.24, 2.45) is 5.92 Å². The first kappa shape index (κ1) is 14.4. The molecule has 2 N–H and O–H groups in total. The average Bonchev–Trinajstić information content (AvgIpc) is 2.25. The highest BCUT2D eigenvalue weighted by Gasteiger charge is 2.13. The summed E-state index contributed by atoms with van der Waals surface area (Å²) in [6.45, 7) is 3.75. The van der Waals surface area contributed by atoms with E-state index in [1.165, 1.54) is 12.1 Å². The molecule has 4 nitrogen and oxygen atoms in total. The molecule has 0 bridgehead atoms. The van der Waals surface area contributed by atoms with E-state index in [2.05, 4.69) is 10.9 Å². The van der Waals surface area contributed by atoms with Crippen LogP contribution >= 0.6 is 11.6 Å². The number of hydrogen-bond acceptors (Lipinski definition) is 2. The van der Waals surface area contributed by atoms with Crippen molar-refractivity contribution in [3.8, 4) is 0 Å². The lowest BCUT2D eigenvalue weighted by Gasteiger charge is -2.09. The van der Waals surface area contributed by atoms with Gasteiger partial charge in [0.15, 0.2) is 0 Å². The van der Waals surface area contributed by atoms with Crippen LogP contribution in [-0.4, -0.2) is 11.8 Å². The Labute approximate surface area is 109 Å². The minimum absolute atomic E-state index is 0.175. The summed E-state index contributed by atoms with van der Waals surface area (Å²) in [5.74, 6) is -1.61. The topological polar surface area (TPSA) is 58.2 Å². The fourth-order valence-electron chi connectivity index (χ4n) is 1.29. The minimum atomic E-state index is -0.738. The van der Waals surface area contributed by atoms with Crippen LogP contribution in [0.5, 0.6) is 0 Å². The van der Waals surface area contributed by atoms with Gasteiger partial charge in [-0.1, -0.05) is 25.4 Å². The van der Waals surface area contributed by atoms with E-state index in [4.69, 9.17) is 11.6 Å². The van der Waals surface area contributed by atoms with Crippen molar-refractivity contribution >= 4 is 23.4 Å². The molecule has 0 spiro atoms. The van der Waals surface area contributed by atoms with Crippen LogP contribution in [0.25, 0.3) is 0 Å². The van der Waals surface area contributed by atoms with Gasteiger partial charge in [-0.05, 0) is 24.1 Å². The van der Waals surface area contributed by atoms with E-state index in [1.54, 1.807) is 0 Å². The first-order chi connectivity index (χ1) is 8.40. The monoisotopic (exact) mass is 272 g/mol. The van der Waals surface area contributed by atoms with Crippen LogP contribution in [0, 0.1) is 11.7 Å². The second-order valence-corrected chi connectivity index (χ2v) is 4.66. The number of nitrogens with one attached hydrogen (secondary N) is 2. The van der Waals surface area contributed by atoms with Crippen molar-refractivity contribution in [1.82, 2.24) is 10.9 Å². The zero-order valence-corrected chi connectivity index (χ0v) is 10.8. The lowest BCUT2D eigenvalue weighted by Crippen LogP contribution is -2.42. The fraction of sp³-hybridized carbons (Fsp3) is 0.333. The normalized spacial score (nSPS) is 10.3. The summed E-state index contributed by atoms with van der Waals surface area (Å²) in [5, 5.41) is 0.202. The van der Waals surface area contributed by atoms with Gasteiger partial charge in [-0.25, -0.2) is 4.39 Å². The number of carbonyl (C=O) groups excluding carboxylic acids is 2. The number of halogens is 2. The van der Waals surface area contributed by atoms with Gasteiger partial charge in [0.25, 0.3) is 5.91 Å². The van der Waals surface area contributed by atoms with Gasteiger partial charge < -0.3 is 0 Å². The van der Waals surface area contributed by atoms with E-state index in [0.717, 1.165) is 6.07 Å². The minimum Gasteiger partial charge on any atom is -0.273 e. The lowest BCUT2D eigenvalue weighted by molar-refractivity contribution is -0.122. The van der Waals surface area contributed by atoms with Gasteiger partial charge in [-0.15, -0.1) is 0 Å². The van der Waals surface area contributed by atoms with Crippen LogP contribution in [-0.2, 0) is 4.79 Å². The van der Waals surface area contributed by atoms with Crippen LogP contribution < -0.4 is 10.9 Å².